The van der Waals surface area contributed by atoms with E-state index >= 15 is 0 Å². The number of aromatic hydroxyl groups is 1. The lowest BCUT2D eigenvalue weighted by atomic mass is 10.1. The van der Waals surface area contributed by atoms with Crippen molar-refractivity contribution in [2.75, 3.05) is 6.54 Å². The minimum Gasteiger partial charge on any atom is -0.503 e. The van der Waals surface area contributed by atoms with Crippen molar-refractivity contribution in [2.45, 2.75) is 38.9 Å². The Kier molecular flexibility index (Phi) is 5.84. The predicted molar refractivity (Wildman–Crippen MR) is 124 cm³/mol. The van der Waals surface area contributed by atoms with Crippen LogP contribution >= 0.6 is 11.3 Å². The molecule has 1 aromatic carbocycles. The molecule has 5 rings (SSSR count). The average molecular weight is 497 g/mol. The molecular formula is C22H21FN8O3S. The lowest BCUT2D eigenvalue weighted by Crippen LogP contribution is -2.48. The number of carbonyl (C=O) groups excluding carboxylic acids is 1. The molecule has 13 heteroatoms. The Hall–Kier alpha value is -4.00. The van der Waals surface area contributed by atoms with Gasteiger partial charge in [0.2, 0.25) is 5.43 Å². The molecule has 0 radical (unpaired) electrons. The van der Waals surface area contributed by atoms with Gasteiger partial charge in [-0.1, -0.05) is 23.5 Å². The zero-order valence-corrected chi connectivity index (χ0v) is 19.7. The van der Waals surface area contributed by atoms with E-state index in [-0.39, 0.29) is 29.2 Å². The van der Waals surface area contributed by atoms with Crippen molar-refractivity contribution in [2.24, 2.45) is 0 Å². The van der Waals surface area contributed by atoms with Gasteiger partial charge in [0.1, 0.15) is 17.2 Å². The Labute approximate surface area is 202 Å². The van der Waals surface area contributed by atoms with E-state index in [1.807, 2.05) is 13.8 Å². The Balaban J connectivity index is 1.55. The molecule has 180 valence electrons. The van der Waals surface area contributed by atoms with Crippen molar-refractivity contribution in [3.05, 3.63) is 69.1 Å². The van der Waals surface area contributed by atoms with Crippen LogP contribution in [0.3, 0.4) is 0 Å². The van der Waals surface area contributed by atoms with Gasteiger partial charge in [0.15, 0.2) is 16.5 Å². The zero-order valence-electron chi connectivity index (χ0n) is 18.9. The van der Waals surface area contributed by atoms with Crippen LogP contribution in [0.15, 0.2) is 41.6 Å². The van der Waals surface area contributed by atoms with Crippen molar-refractivity contribution >= 4 is 17.2 Å². The monoisotopic (exact) mass is 496 g/mol. The van der Waals surface area contributed by atoms with Gasteiger partial charge in [0, 0.05) is 25.2 Å². The second-order valence-electron chi connectivity index (χ2n) is 8.52. The van der Waals surface area contributed by atoms with Crippen LogP contribution in [0.5, 0.6) is 5.75 Å². The molecule has 0 unspecified atom stereocenters. The van der Waals surface area contributed by atoms with E-state index < -0.39 is 17.1 Å². The molecule has 4 aromatic rings. The third-order valence-corrected chi connectivity index (χ3v) is 6.81. The molecule has 1 aliphatic rings. The highest BCUT2D eigenvalue weighted by Crippen LogP contribution is 2.32. The minimum absolute atomic E-state index is 0.0761. The van der Waals surface area contributed by atoms with Crippen molar-refractivity contribution in [3.63, 3.8) is 0 Å². The Bertz CT molecular complexity index is 1430. The number of pyridine rings is 1. The number of amides is 1. The second-order valence-corrected chi connectivity index (χ2v) is 9.58. The fourth-order valence-electron chi connectivity index (χ4n) is 4.09. The van der Waals surface area contributed by atoms with E-state index in [0.717, 1.165) is 5.56 Å². The number of nitrogens with zero attached hydrogens (tertiary/aromatic N) is 8. The van der Waals surface area contributed by atoms with Gasteiger partial charge in [-0.2, -0.15) is 0 Å². The number of benzene rings is 1. The lowest BCUT2D eigenvalue weighted by Gasteiger charge is -2.38. The van der Waals surface area contributed by atoms with Crippen LogP contribution in [-0.4, -0.2) is 63.5 Å². The van der Waals surface area contributed by atoms with E-state index in [0.29, 0.717) is 29.5 Å². The normalized spacial score (nSPS) is 15.6. The molecule has 1 atom stereocenters. The Morgan fingerprint density at radius 1 is 1.20 bits per heavy atom. The van der Waals surface area contributed by atoms with Crippen molar-refractivity contribution in [3.8, 4) is 16.3 Å². The summed E-state index contributed by atoms with van der Waals surface area (Å²) < 4.78 is 16.3. The summed E-state index contributed by atoms with van der Waals surface area (Å²) in [7, 11) is 0. The number of hydrogen-bond donors (Lipinski definition) is 1. The SMILES string of the molecule is CC(C)N1C[C@H](Cn2cnnn2)n2cc(-c3nnc(Cc4ccc(F)cc4)s3)c(=O)c(O)c2C1=O. The highest BCUT2D eigenvalue weighted by atomic mass is 32.1. The first-order chi connectivity index (χ1) is 16.8. The molecule has 11 nitrogen and oxygen atoms in total. The van der Waals surface area contributed by atoms with Gasteiger partial charge in [0.05, 0.1) is 18.2 Å². The average Bonchev–Trinajstić information content (AvgIpc) is 3.51. The minimum atomic E-state index is -0.694. The first-order valence-corrected chi connectivity index (χ1v) is 11.7. The van der Waals surface area contributed by atoms with Crippen LogP contribution in [-0.2, 0) is 13.0 Å². The summed E-state index contributed by atoms with van der Waals surface area (Å²) in [5, 5.41) is 31.3. The number of hydrogen-bond acceptors (Lipinski definition) is 9. The van der Waals surface area contributed by atoms with E-state index in [1.54, 1.807) is 27.8 Å². The Morgan fingerprint density at radius 3 is 2.66 bits per heavy atom. The molecule has 0 aliphatic carbocycles. The van der Waals surface area contributed by atoms with Gasteiger partial charge in [-0.25, -0.2) is 9.07 Å². The highest BCUT2D eigenvalue weighted by Gasteiger charge is 2.36. The van der Waals surface area contributed by atoms with Crippen LogP contribution in [0.4, 0.5) is 4.39 Å². The van der Waals surface area contributed by atoms with Gasteiger partial charge in [-0.15, -0.1) is 15.3 Å². The maximum absolute atomic E-state index is 13.2. The molecule has 1 N–H and O–H groups in total. The fraction of sp³-hybridized carbons (Fsp3) is 0.318. The predicted octanol–water partition coefficient (Wildman–Crippen LogP) is 1.89. The quantitative estimate of drug-likeness (QED) is 0.428. The fourth-order valence-corrected chi connectivity index (χ4v) is 4.97. The smallest absolute Gasteiger partial charge is 0.274 e. The number of fused-ring (bicyclic) bond motifs is 1. The summed E-state index contributed by atoms with van der Waals surface area (Å²) >= 11 is 1.20. The van der Waals surface area contributed by atoms with E-state index in [2.05, 4.69) is 25.7 Å². The molecule has 0 bridgehead atoms. The topological polar surface area (TPSA) is 132 Å². The first-order valence-electron chi connectivity index (χ1n) is 10.9. The maximum Gasteiger partial charge on any atom is 0.274 e. The number of carbonyl (C=O) groups is 1. The van der Waals surface area contributed by atoms with E-state index in [9.17, 15) is 19.1 Å². The number of halogens is 1. The summed E-state index contributed by atoms with van der Waals surface area (Å²) in [4.78, 5) is 27.9. The van der Waals surface area contributed by atoms with Gasteiger partial charge < -0.3 is 14.6 Å². The highest BCUT2D eigenvalue weighted by molar-refractivity contribution is 7.14. The summed E-state index contributed by atoms with van der Waals surface area (Å²) in [5.74, 6) is -1.38. The summed E-state index contributed by atoms with van der Waals surface area (Å²) in [5.41, 5.74) is 0.218. The summed E-state index contributed by atoms with van der Waals surface area (Å²) in [6.45, 7) is 4.41. The van der Waals surface area contributed by atoms with Crippen LogP contribution in [0.25, 0.3) is 10.6 Å². The van der Waals surface area contributed by atoms with Crippen LogP contribution in [0, 0.1) is 5.82 Å². The molecule has 1 amide bonds. The third kappa shape index (κ3) is 4.30. The summed E-state index contributed by atoms with van der Waals surface area (Å²) in [6, 6.07) is 5.57. The molecule has 0 fully saturated rings. The van der Waals surface area contributed by atoms with Crippen LogP contribution in [0.1, 0.15) is 40.9 Å². The van der Waals surface area contributed by atoms with Gasteiger partial charge in [-0.3, -0.25) is 9.59 Å². The van der Waals surface area contributed by atoms with Crippen LogP contribution in [0.2, 0.25) is 0 Å². The van der Waals surface area contributed by atoms with Gasteiger partial charge >= 0.3 is 0 Å². The molecule has 35 heavy (non-hydrogen) atoms. The molecule has 0 spiro atoms. The van der Waals surface area contributed by atoms with Crippen LogP contribution < -0.4 is 5.43 Å². The molecule has 0 saturated carbocycles. The molecule has 4 heterocycles. The molecule has 1 aliphatic heterocycles. The first kappa shape index (κ1) is 22.8. The standard InChI is InChI=1S/C22H21FN8O3S/c1-12(2)30-9-15(8-29-11-24-27-28-29)31-10-16(19(32)20(33)18(31)22(30)34)21-26-25-17(35-21)7-13-3-5-14(23)6-4-13/h3-6,10-12,15,33H,7-9H2,1-2H3/t15-/m0/s1. The maximum atomic E-state index is 13.2. The zero-order chi connectivity index (χ0) is 24.7. The largest absolute Gasteiger partial charge is 0.503 e. The molecule has 3 aromatic heterocycles. The van der Waals surface area contributed by atoms with Crippen molar-refractivity contribution in [1.29, 1.82) is 0 Å². The van der Waals surface area contributed by atoms with Gasteiger partial charge in [-0.05, 0) is 42.0 Å². The summed E-state index contributed by atoms with van der Waals surface area (Å²) in [6.07, 6.45) is 3.43. The number of tetrazole rings is 1. The van der Waals surface area contributed by atoms with E-state index in [1.165, 1.54) is 34.5 Å². The number of rotatable bonds is 6. The molecule has 0 saturated heterocycles. The molecular weight excluding hydrogens is 475 g/mol. The van der Waals surface area contributed by atoms with Gasteiger partial charge in [0.25, 0.3) is 5.91 Å². The number of aromatic nitrogens is 7. The van der Waals surface area contributed by atoms with E-state index in [4.69, 9.17) is 0 Å². The Morgan fingerprint density at radius 2 is 1.97 bits per heavy atom. The second kappa shape index (κ2) is 8.98. The van der Waals surface area contributed by atoms with Crippen molar-refractivity contribution in [1.82, 2.24) is 39.9 Å². The lowest BCUT2D eigenvalue weighted by molar-refractivity contribution is 0.0584. The third-order valence-electron chi connectivity index (χ3n) is 5.85. The van der Waals surface area contributed by atoms with Crippen molar-refractivity contribution < 1.29 is 14.3 Å².